The van der Waals surface area contributed by atoms with E-state index in [1.807, 2.05) is 50.2 Å². The Kier molecular flexibility index (Phi) is 6.13. The van der Waals surface area contributed by atoms with Crippen LogP contribution in [-0.4, -0.2) is 58.0 Å². The molecule has 1 aromatic carbocycles. The van der Waals surface area contributed by atoms with Crippen LogP contribution in [0.15, 0.2) is 42.6 Å². The molecule has 7 nitrogen and oxygen atoms in total. The molecule has 2 aromatic heterocycles. The molecule has 3 aromatic rings. The smallest absolute Gasteiger partial charge is 0.241 e. The van der Waals surface area contributed by atoms with Gasteiger partial charge in [-0.25, -0.2) is 9.97 Å². The molecule has 0 radical (unpaired) electrons. The third kappa shape index (κ3) is 4.66. The second-order valence-electron chi connectivity index (χ2n) is 8.44. The van der Waals surface area contributed by atoms with Crippen LogP contribution < -0.4 is 10.2 Å². The van der Waals surface area contributed by atoms with Crippen LogP contribution in [0.4, 0.5) is 11.5 Å². The average molecular weight is 419 g/mol. The van der Waals surface area contributed by atoms with E-state index in [2.05, 4.69) is 38.9 Å². The number of carbonyl (C=O) groups excluding carboxylic acids is 1. The highest BCUT2D eigenvalue weighted by molar-refractivity contribution is 6.02. The number of nitrogens with zero attached hydrogens (tertiary/aromatic N) is 5. The first-order valence-corrected chi connectivity index (χ1v) is 10.9. The first-order valence-electron chi connectivity index (χ1n) is 10.9. The number of piperazine rings is 1. The number of fused-ring (bicyclic) bond motifs is 1. The number of amides is 1. The van der Waals surface area contributed by atoms with Gasteiger partial charge in [0.15, 0.2) is 0 Å². The summed E-state index contributed by atoms with van der Waals surface area (Å²) in [6, 6.07) is 11.5. The molecule has 1 aliphatic rings. The summed E-state index contributed by atoms with van der Waals surface area (Å²) in [4.78, 5) is 31.2. The maximum absolute atomic E-state index is 13.0. The van der Waals surface area contributed by atoms with Gasteiger partial charge in [0, 0.05) is 55.4 Å². The molecule has 0 saturated carbocycles. The van der Waals surface area contributed by atoms with Crippen LogP contribution in [0.1, 0.15) is 38.2 Å². The molecule has 1 saturated heterocycles. The summed E-state index contributed by atoms with van der Waals surface area (Å²) in [7, 11) is 0. The zero-order chi connectivity index (χ0) is 22.0. The van der Waals surface area contributed by atoms with Gasteiger partial charge in [-0.2, -0.15) is 0 Å². The van der Waals surface area contributed by atoms with E-state index < -0.39 is 0 Å². The predicted molar refractivity (Wildman–Crippen MR) is 124 cm³/mol. The molecule has 1 atom stereocenters. The normalized spacial score (nSPS) is 16.0. The molecule has 4 rings (SSSR count). The standard InChI is InChI=1S/C24H30N6O/c1-16(2)23-26-17(3)15-22(28-23)30-13-11-29(12-14-30)18(4)24(31)27-21-9-5-8-20-19(21)7-6-10-25-20/h5-10,15-16,18H,11-14H2,1-4H3,(H,27,31)/t18-/m1/s1. The topological polar surface area (TPSA) is 74.2 Å². The third-order valence-corrected chi connectivity index (χ3v) is 5.84. The van der Waals surface area contributed by atoms with Crippen LogP contribution in [0.5, 0.6) is 0 Å². The molecule has 0 aliphatic carbocycles. The van der Waals surface area contributed by atoms with E-state index in [1.54, 1.807) is 6.20 Å². The van der Waals surface area contributed by atoms with Crippen LogP contribution >= 0.6 is 0 Å². The van der Waals surface area contributed by atoms with E-state index >= 15 is 0 Å². The van der Waals surface area contributed by atoms with Gasteiger partial charge in [-0.1, -0.05) is 19.9 Å². The van der Waals surface area contributed by atoms with E-state index in [0.717, 1.165) is 60.1 Å². The highest BCUT2D eigenvalue weighted by Gasteiger charge is 2.27. The van der Waals surface area contributed by atoms with Crippen molar-refractivity contribution in [3.63, 3.8) is 0 Å². The number of carbonyl (C=O) groups is 1. The van der Waals surface area contributed by atoms with E-state index in [9.17, 15) is 4.79 Å². The monoisotopic (exact) mass is 418 g/mol. The summed E-state index contributed by atoms with van der Waals surface area (Å²) in [6.45, 7) is 11.5. The van der Waals surface area contributed by atoms with Crippen molar-refractivity contribution in [3.8, 4) is 0 Å². The number of aryl methyl sites for hydroxylation is 1. The Balaban J connectivity index is 1.40. The Hall–Kier alpha value is -3.06. The maximum atomic E-state index is 13.0. The molecular formula is C24H30N6O. The van der Waals surface area contributed by atoms with Crippen molar-refractivity contribution in [1.29, 1.82) is 0 Å². The Morgan fingerprint density at radius 2 is 1.81 bits per heavy atom. The lowest BCUT2D eigenvalue weighted by Crippen LogP contribution is -2.53. The SMILES string of the molecule is Cc1cc(N2CCN([C@H](C)C(=O)Nc3cccc4ncccc34)CC2)nc(C(C)C)n1. The van der Waals surface area contributed by atoms with Crippen LogP contribution in [0.3, 0.4) is 0 Å². The van der Waals surface area contributed by atoms with Crippen molar-refractivity contribution >= 4 is 28.3 Å². The average Bonchev–Trinajstić information content (AvgIpc) is 2.78. The number of aromatic nitrogens is 3. The van der Waals surface area contributed by atoms with Gasteiger partial charge in [0.25, 0.3) is 0 Å². The summed E-state index contributed by atoms with van der Waals surface area (Å²) in [6.07, 6.45) is 1.76. The van der Waals surface area contributed by atoms with Crippen LogP contribution in [0.25, 0.3) is 10.9 Å². The summed E-state index contributed by atoms with van der Waals surface area (Å²) in [5.41, 5.74) is 2.68. The first-order chi connectivity index (χ1) is 14.9. The molecule has 0 unspecified atom stereocenters. The first kappa shape index (κ1) is 21.2. The zero-order valence-electron chi connectivity index (χ0n) is 18.7. The van der Waals surface area contributed by atoms with Crippen molar-refractivity contribution in [3.05, 3.63) is 54.1 Å². The largest absolute Gasteiger partial charge is 0.354 e. The number of rotatable bonds is 5. The van der Waals surface area contributed by atoms with Crippen molar-refractivity contribution in [2.24, 2.45) is 0 Å². The van der Waals surface area contributed by atoms with Crippen molar-refractivity contribution in [1.82, 2.24) is 19.9 Å². The molecule has 1 fully saturated rings. The van der Waals surface area contributed by atoms with Gasteiger partial charge in [0.1, 0.15) is 11.6 Å². The minimum Gasteiger partial charge on any atom is -0.354 e. The van der Waals surface area contributed by atoms with Crippen molar-refractivity contribution in [2.75, 3.05) is 36.4 Å². The summed E-state index contributed by atoms with van der Waals surface area (Å²) in [5, 5.41) is 4.05. The lowest BCUT2D eigenvalue weighted by Gasteiger charge is -2.38. The van der Waals surface area contributed by atoms with Crippen molar-refractivity contribution in [2.45, 2.75) is 39.7 Å². The fraction of sp³-hybridized carbons (Fsp3) is 0.417. The molecule has 3 heterocycles. The number of hydrogen-bond acceptors (Lipinski definition) is 6. The number of hydrogen-bond donors (Lipinski definition) is 1. The number of nitrogens with one attached hydrogen (secondary N) is 1. The quantitative estimate of drug-likeness (QED) is 0.682. The van der Waals surface area contributed by atoms with E-state index in [1.165, 1.54) is 0 Å². The Morgan fingerprint density at radius 3 is 2.55 bits per heavy atom. The predicted octanol–water partition coefficient (Wildman–Crippen LogP) is 3.61. The molecule has 1 N–H and O–H groups in total. The van der Waals surface area contributed by atoms with Gasteiger partial charge >= 0.3 is 0 Å². The Labute approximate surface area is 183 Å². The highest BCUT2D eigenvalue weighted by atomic mass is 16.2. The van der Waals surface area contributed by atoms with Gasteiger partial charge in [-0.15, -0.1) is 0 Å². The summed E-state index contributed by atoms with van der Waals surface area (Å²) in [5.74, 6) is 2.17. The second kappa shape index (κ2) is 8.98. The van der Waals surface area contributed by atoms with Gasteiger partial charge in [0.2, 0.25) is 5.91 Å². The molecule has 0 bridgehead atoms. The molecule has 1 aliphatic heterocycles. The van der Waals surface area contributed by atoms with Gasteiger partial charge < -0.3 is 10.2 Å². The molecule has 1 amide bonds. The van der Waals surface area contributed by atoms with Crippen LogP contribution in [-0.2, 0) is 4.79 Å². The van der Waals surface area contributed by atoms with Gasteiger partial charge in [0.05, 0.1) is 17.2 Å². The van der Waals surface area contributed by atoms with Gasteiger partial charge in [-0.05, 0) is 38.1 Å². The fourth-order valence-corrected chi connectivity index (χ4v) is 3.95. The highest BCUT2D eigenvalue weighted by Crippen LogP contribution is 2.23. The molecule has 0 spiro atoms. The second-order valence-corrected chi connectivity index (χ2v) is 8.44. The fourth-order valence-electron chi connectivity index (χ4n) is 3.95. The van der Waals surface area contributed by atoms with Crippen molar-refractivity contribution < 1.29 is 4.79 Å². The van der Waals surface area contributed by atoms with Crippen LogP contribution in [0.2, 0.25) is 0 Å². The minimum absolute atomic E-state index is 0.00442. The lowest BCUT2D eigenvalue weighted by atomic mass is 10.1. The molecule has 7 heteroatoms. The summed E-state index contributed by atoms with van der Waals surface area (Å²) < 4.78 is 0. The lowest BCUT2D eigenvalue weighted by molar-refractivity contribution is -0.120. The zero-order valence-corrected chi connectivity index (χ0v) is 18.7. The van der Waals surface area contributed by atoms with E-state index in [4.69, 9.17) is 4.98 Å². The molecule has 162 valence electrons. The number of anilines is 2. The number of benzene rings is 1. The maximum Gasteiger partial charge on any atom is 0.241 e. The van der Waals surface area contributed by atoms with E-state index in [0.29, 0.717) is 5.92 Å². The Bertz CT molecular complexity index is 1070. The van der Waals surface area contributed by atoms with Crippen LogP contribution in [0, 0.1) is 6.92 Å². The van der Waals surface area contributed by atoms with E-state index in [-0.39, 0.29) is 11.9 Å². The molecular weight excluding hydrogens is 388 g/mol. The minimum atomic E-state index is -0.215. The Morgan fingerprint density at radius 1 is 1.03 bits per heavy atom. The van der Waals surface area contributed by atoms with Gasteiger partial charge in [-0.3, -0.25) is 14.7 Å². The third-order valence-electron chi connectivity index (χ3n) is 5.84. The molecule has 31 heavy (non-hydrogen) atoms. The number of pyridine rings is 1. The summed E-state index contributed by atoms with van der Waals surface area (Å²) >= 11 is 0.